The molecular formula is C27H32N4O3. The van der Waals surface area contributed by atoms with E-state index in [1.807, 2.05) is 42.5 Å². The standard InChI is InChI=1S/C27H32N4O3/c32-25(29-19-8-9-19)18-7-12-24(28-17-18)31-21-10-11-22(31)16-20(15-21)30-26(33)27(13-4-14-27)34-23-5-2-1-3-6-23/h1-3,5-7,12,17,19-22H,4,8-11,13-16H2,(H,29,32)(H,30,33)/t20-,21+,22-. The summed E-state index contributed by atoms with van der Waals surface area (Å²) in [5.41, 5.74) is -0.106. The predicted octanol–water partition coefficient (Wildman–Crippen LogP) is 3.59. The van der Waals surface area contributed by atoms with Gasteiger partial charge in [0.2, 0.25) is 0 Å². The molecule has 178 valence electrons. The fourth-order valence-corrected chi connectivity index (χ4v) is 5.74. The van der Waals surface area contributed by atoms with Gasteiger partial charge in [0.15, 0.2) is 5.60 Å². The van der Waals surface area contributed by atoms with Crippen molar-refractivity contribution in [1.82, 2.24) is 15.6 Å². The van der Waals surface area contributed by atoms with Crippen LogP contribution in [0.2, 0.25) is 0 Å². The maximum Gasteiger partial charge on any atom is 0.264 e. The SMILES string of the molecule is O=C(NC1CC1)c1ccc(N2[C@@H]3CC[C@H]2C[C@@H](NC(=O)C2(Oc4ccccc4)CCC2)C3)nc1. The molecule has 2 aliphatic carbocycles. The number of rotatable bonds is 7. The van der Waals surface area contributed by atoms with Gasteiger partial charge in [-0.05, 0) is 82.1 Å². The van der Waals surface area contributed by atoms with E-state index in [9.17, 15) is 9.59 Å². The number of benzene rings is 1. The van der Waals surface area contributed by atoms with E-state index in [0.29, 0.717) is 23.7 Å². The molecule has 1 aromatic carbocycles. The Hall–Kier alpha value is -3.09. The van der Waals surface area contributed by atoms with Crippen LogP contribution < -0.4 is 20.3 Å². The zero-order valence-corrected chi connectivity index (χ0v) is 19.4. The molecule has 0 spiro atoms. The molecule has 34 heavy (non-hydrogen) atoms. The number of fused-ring (bicyclic) bond motifs is 2. The van der Waals surface area contributed by atoms with E-state index in [-0.39, 0.29) is 17.9 Å². The number of para-hydroxylation sites is 1. The Morgan fingerprint density at radius 2 is 1.65 bits per heavy atom. The monoisotopic (exact) mass is 460 g/mol. The molecule has 3 atom stereocenters. The first-order valence-electron chi connectivity index (χ1n) is 12.7. The van der Waals surface area contributed by atoms with Crippen LogP contribution in [0.4, 0.5) is 5.82 Å². The van der Waals surface area contributed by atoms with Crippen molar-refractivity contribution in [2.75, 3.05) is 4.90 Å². The smallest absolute Gasteiger partial charge is 0.264 e. The van der Waals surface area contributed by atoms with E-state index in [1.54, 1.807) is 6.20 Å². The Morgan fingerprint density at radius 1 is 0.912 bits per heavy atom. The number of carbonyl (C=O) groups excluding carboxylic acids is 2. The van der Waals surface area contributed by atoms with Gasteiger partial charge in [-0.2, -0.15) is 0 Å². The Balaban J connectivity index is 1.09. The van der Waals surface area contributed by atoms with Crippen molar-refractivity contribution in [2.24, 2.45) is 0 Å². The second kappa shape index (κ2) is 8.60. The van der Waals surface area contributed by atoms with E-state index < -0.39 is 5.60 Å². The van der Waals surface area contributed by atoms with Gasteiger partial charge in [0.1, 0.15) is 11.6 Å². The molecule has 4 aliphatic rings. The summed E-state index contributed by atoms with van der Waals surface area (Å²) >= 11 is 0. The van der Waals surface area contributed by atoms with Crippen molar-refractivity contribution in [1.29, 1.82) is 0 Å². The highest BCUT2D eigenvalue weighted by molar-refractivity contribution is 5.94. The largest absolute Gasteiger partial charge is 0.477 e. The molecule has 2 aromatic rings. The molecule has 2 bridgehead atoms. The quantitative estimate of drug-likeness (QED) is 0.660. The Morgan fingerprint density at radius 3 is 2.24 bits per heavy atom. The van der Waals surface area contributed by atoms with Crippen LogP contribution in [-0.2, 0) is 4.79 Å². The average molecular weight is 461 g/mol. The van der Waals surface area contributed by atoms with Crippen LogP contribution in [0.25, 0.3) is 0 Å². The second-order valence-electron chi connectivity index (χ2n) is 10.3. The van der Waals surface area contributed by atoms with Gasteiger partial charge in [0, 0.05) is 30.4 Å². The minimum Gasteiger partial charge on any atom is -0.477 e. The minimum absolute atomic E-state index is 0.0320. The molecule has 3 heterocycles. The van der Waals surface area contributed by atoms with Crippen molar-refractivity contribution in [3.63, 3.8) is 0 Å². The number of hydrogen-bond donors (Lipinski definition) is 2. The number of nitrogens with zero attached hydrogens (tertiary/aromatic N) is 2. The number of aromatic nitrogens is 1. The van der Waals surface area contributed by atoms with Crippen LogP contribution >= 0.6 is 0 Å². The van der Waals surface area contributed by atoms with Crippen molar-refractivity contribution in [3.8, 4) is 5.75 Å². The van der Waals surface area contributed by atoms with E-state index in [2.05, 4.69) is 20.5 Å². The average Bonchev–Trinajstić information content (AvgIpc) is 3.60. The number of nitrogens with one attached hydrogen (secondary N) is 2. The first-order valence-corrected chi connectivity index (χ1v) is 12.7. The van der Waals surface area contributed by atoms with Gasteiger partial charge in [-0.3, -0.25) is 9.59 Å². The zero-order chi connectivity index (χ0) is 23.1. The Labute approximate surface area is 200 Å². The van der Waals surface area contributed by atoms with E-state index in [1.165, 1.54) is 0 Å². The fraction of sp³-hybridized carbons (Fsp3) is 0.519. The number of anilines is 1. The number of ether oxygens (including phenoxy) is 1. The third-order valence-electron chi connectivity index (χ3n) is 7.89. The number of amides is 2. The number of pyridine rings is 1. The predicted molar refractivity (Wildman–Crippen MR) is 129 cm³/mol. The summed E-state index contributed by atoms with van der Waals surface area (Å²) in [7, 11) is 0. The third kappa shape index (κ3) is 4.12. The molecule has 0 radical (unpaired) electrons. The molecule has 4 fully saturated rings. The molecule has 7 nitrogen and oxygen atoms in total. The number of carbonyl (C=O) groups is 2. The lowest BCUT2D eigenvalue weighted by molar-refractivity contribution is -0.145. The third-order valence-corrected chi connectivity index (χ3v) is 7.89. The summed E-state index contributed by atoms with van der Waals surface area (Å²) in [6.45, 7) is 0. The summed E-state index contributed by atoms with van der Waals surface area (Å²) in [4.78, 5) is 32.6. The van der Waals surface area contributed by atoms with E-state index in [4.69, 9.17) is 4.74 Å². The molecule has 2 saturated carbocycles. The topological polar surface area (TPSA) is 83.6 Å². The zero-order valence-electron chi connectivity index (χ0n) is 19.4. The summed E-state index contributed by atoms with van der Waals surface area (Å²) < 4.78 is 6.19. The normalized spacial score (nSPS) is 26.9. The van der Waals surface area contributed by atoms with Crippen LogP contribution in [-0.4, -0.2) is 46.6 Å². The molecular weight excluding hydrogens is 428 g/mol. The first-order chi connectivity index (χ1) is 16.6. The van der Waals surface area contributed by atoms with Crippen LogP contribution in [0.5, 0.6) is 5.75 Å². The molecule has 2 aliphatic heterocycles. The van der Waals surface area contributed by atoms with Crippen LogP contribution in [0.15, 0.2) is 48.7 Å². The Bertz CT molecular complexity index is 1040. The number of hydrogen-bond acceptors (Lipinski definition) is 5. The maximum atomic E-state index is 13.3. The first kappa shape index (κ1) is 21.4. The van der Waals surface area contributed by atoms with Crippen molar-refractivity contribution < 1.29 is 14.3 Å². The van der Waals surface area contributed by atoms with Crippen molar-refractivity contribution >= 4 is 17.6 Å². The van der Waals surface area contributed by atoms with Gasteiger partial charge in [-0.1, -0.05) is 18.2 Å². The van der Waals surface area contributed by atoms with Crippen LogP contribution in [0.1, 0.15) is 68.1 Å². The Kier molecular flexibility index (Phi) is 5.42. The lowest BCUT2D eigenvalue weighted by atomic mass is 9.78. The molecule has 2 amide bonds. The van der Waals surface area contributed by atoms with Gasteiger partial charge in [-0.25, -0.2) is 4.98 Å². The van der Waals surface area contributed by atoms with Gasteiger partial charge in [0.05, 0.1) is 5.56 Å². The molecule has 7 heteroatoms. The van der Waals surface area contributed by atoms with Crippen LogP contribution in [0.3, 0.4) is 0 Å². The highest BCUT2D eigenvalue weighted by atomic mass is 16.5. The summed E-state index contributed by atoms with van der Waals surface area (Å²) in [6.07, 6.45) is 10.4. The summed E-state index contributed by atoms with van der Waals surface area (Å²) in [5.74, 6) is 1.69. The van der Waals surface area contributed by atoms with E-state index in [0.717, 1.165) is 69.4 Å². The number of piperidine rings is 1. The van der Waals surface area contributed by atoms with E-state index >= 15 is 0 Å². The van der Waals surface area contributed by atoms with Crippen molar-refractivity contribution in [3.05, 3.63) is 54.2 Å². The minimum atomic E-state index is -0.726. The van der Waals surface area contributed by atoms with Crippen LogP contribution in [0, 0.1) is 0 Å². The molecule has 2 saturated heterocycles. The molecule has 2 N–H and O–H groups in total. The maximum absolute atomic E-state index is 13.3. The van der Waals surface area contributed by atoms with Crippen molar-refractivity contribution in [2.45, 2.75) is 87.6 Å². The fourth-order valence-electron chi connectivity index (χ4n) is 5.74. The highest BCUT2D eigenvalue weighted by Crippen LogP contribution is 2.40. The highest BCUT2D eigenvalue weighted by Gasteiger charge is 2.49. The molecule has 1 aromatic heterocycles. The molecule has 0 unspecified atom stereocenters. The lowest BCUT2D eigenvalue weighted by Crippen LogP contribution is -2.60. The summed E-state index contributed by atoms with van der Waals surface area (Å²) in [6, 6.07) is 14.7. The van der Waals surface area contributed by atoms with Gasteiger partial charge >= 0.3 is 0 Å². The summed E-state index contributed by atoms with van der Waals surface area (Å²) in [5, 5.41) is 6.36. The molecule has 6 rings (SSSR count). The second-order valence-corrected chi connectivity index (χ2v) is 10.3. The lowest BCUT2D eigenvalue weighted by Gasteiger charge is -2.44. The van der Waals surface area contributed by atoms with Gasteiger partial charge in [-0.15, -0.1) is 0 Å². The van der Waals surface area contributed by atoms with Gasteiger partial charge in [0.25, 0.3) is 11.8 Å². The van der Waals surface area contributed by atoms with Gasteiger partial charge < -0.3 is 20.3 Å².